The minimum Gasteiger partial charge on any atom is -0.492 e. The van der Waals surface area contributed by atoms with Crippen LogP contribution in [0.1, 0.15) is 0 Å². The third-order valence-electron chi connectivity index (χ3n) is 2.96. The molecule has 0 aliphatic heterocycles. The van der Waals surface area contributed by atoms with Gasteiger partial charge in [-0.05, 0) is 46.3 Å². The highest BCUT2D eigenvalue weighted by Gasteiger charge is 2.11. The Labute approximate surface area is 146 Å². The summed E-state index contributed by atoms with van der Waals surface area (Å²) < 4.78 is 7.32. The van der Waals surface area contributed by atoms with Crippen molar-refractivity contribution in [1.29, 1.82) is 0 Å². The van der Waals surface area contributed by atoms with Crippen molar-refractivity contribution >= 4 is 43.6 Å². The van der Waals surface area contributed by atoms with E-state index >= 15 is 0 Å². The molecule has 0 aliphatic rings. The molecule has 0 heterocycles. The maximum Gasteiger partial charge on any atom is 0.321 e. The largest absolute Gasteiger partial charge is 0.492 e. The number of anilines is 1. The summed E-state index contributed by atoms with van der Waals surface area (Å²) in [6.07, 6.45) is 0. The number of carbonyl (C=O) groups is 1. The van der Waals surface area contributed by atoms with E-state index in [0.29, 0.717) is 13.2 Å². The molecule has 1 N–H and O–H groups in total. The number of urea groups is 1. The number of ether oxygens (including phenoxy) is 1. The van der Waals surface area contributed by atoms with Gasteiger partial charge < -0.3 is 15.0 Å². The highest BCUT2D eigenvalue weighted by atomic mass is 79.9. The number of likely N-dealkylation sites (N-methyl/N-ethyl adjacent to an activating group) is 1. The Morgan fingerprint density at radius 1 is 1.18 bits per heavy atom. The first kappa shape index (κ1) is 16.8. The molecule has 0 bridgehead atoms. The van der Waals surface area contributed by atoms with Crippen LogP contribution in [-0.2, 0) is 0 Å². The van der Waals surface area contributed by atoms with Crippen LogP contribution in [0.5, 0.6) is 5.75 Å². The Bertz CT molecular complexity index is 635. The number of nitrogens with one attached hydrogen (secondary N) is 1. The number of para-hydroxylation sites is 1. The highest BCUT2D eigenvalue weighted by molar-refractivity contribution is 9.11. The predicted octanol–water partition coefficient (Wildman–Crippen LogP) is 4.75. The van der Waals surface area contributed by atoms with Gasteiger partial charge in [0, 0.05) is 16.0 Å². The van der Waals surface area contributed by atoms with Gasteiger partial charge in [0.25, 0.3) is 0 Å². The maximum atomic E-state index is 12.1. The van der Waals surface area contributed by atoms with Crippen LogP contribution in [0.3, 0.4) is 0 Å². The molecule has 2 amide bonds. The van der Waals surface area contributed by atoms with Crippen LogP contribution in [-0.4, -0.2) is 31.1 Å². The number of hydrogen-bond acceptors (Lipinski definition) is 2. The SMILES string of the molecule is CN(CCOc1ccccc1)C(=O)Nc1cc(Br)ccc1Br. The number of nitrogens with zero attached hydrogens (tertiary/aromatic N) is 1. The summed E-state index contributed by atoms with van der Waals surface area (Å²) in [6, 6.07) is 15.0. The van der Waals surface area contributed by atoms with Crippen molar-refractivity contribution < 1.29 is 9.53 Å². The molecule has 0 saturated heterocycles. The Kier molecular flexibility index (Phi) is 6.27. The van der Waals surface area contributed by atoms with Crippen LogP contribution >= 0.6 is 31.9 Å². The monoisotopic (exact) mass is 426 g/mol. The Morgan fingerprint density at radius 3 is 2.64 bits per heavy atom. The van der Waals surface area contributed by atoms with E-state index < -0.39 is 0 Å². The van der Waals surface area contributed by atoms with E-state index in [4.69, 9.17) is 4.74 Å². The second kappa shape index (κ2) is 8.19. The Hall–Kier alpha value is -1.53. The van der Waals surface area contributed by atoms with E-state index in [-0.39, 0.29) is 6.03 Å². The van der Waals surface area contributed by atoms with Crippen LogP contribution < -0.4 is 10.1 Å². The van der Waals surface area contributed by atoms with Gasteiger partial charge in [-0.25, -0.2) is 4.79 Å². The lowest BCUT2D eigenvalue weighted by Gasteiger charge is -2.19. The van der Waals surface area contributed by atoms with Gasteiger partial charge in [0.05, 0.1) is 12.2 Å². The first-order chi connectivity index (χ1) is 10.6. The zero-order chi connectivity index (χ0) is 15.9. The normalized spacial score (nSPS) is 10.1. The number of benzene rings is 2. The molecule has 0 fully saturated rings. The fourth-order valence-electron chi connectivity index (χ4n) is 1.72. The van der Waals surface area contributed by atoms with Gasteiger partial charge in [0.1, 0.15) is 12.4 Å². The van der Waals surface area contributed by atoms with Crippen molar-refractivity contribution in [2.24, 2.45) is 0 Å². The van der Waals surface area contributed by atoms with Gasteiger partial charge in [-0.2, -0.15) is 0 Å². The third kappa shape index (κ3) is 5.03. The van der Waals surface area contributed by atoms with Crippen LogP contribution in [0.4, 0.5) is 10.5 Å². The summed E-state index contributed by atoms with van der Waals surface area (Å²) in [5, 5.41) is 2.85. The number of amides is 2. The van der Waals surface area contributed by atoms with E-state index in [1.807, 2.05) is 48.5 Å². The smallest absolute Gasteiger partial charge is 0.321 e. The first-order valence-electron chi connectivity index (χ1n) is 6.71. The van der Waals surface area contributed by atoms with Gasteiger partial charge >= 0.3 is 6.03 Å². The first-order valence-corrected chi connectivity index (χ1v) is 8.30. The molecule has 0 aromatic heterocycles. The molecule has 2 aromatic rings. The lowest BCUT2D eigenvalue weighted by atomic mass is 10.3. The second-order valence-electron chi connectivity index (χ2n) is 4.64. The van der Waals surface area contributed by atoms with E-state index in [2.05, 4.69) is 37.2 Å². The fourth-order valence-corrected chi connectivity index (χ4v) is 2.43. The van der Waals surface area contributed by atoms with E-state index in [1.54, 1.807) is 11.9 Å². The van der Waals surface area contributed by atoms with Gasteiger partial charge in [-0.1, -0.05) is 34.1 Å². The summed E-state index contributed by atoms with van der Waals surface area (Å²) in [5.74, 6) is 0.797. The topological polar surface area (TPSA) is 41.6 Å². The lowest BCUT2D eigenvalue weighted by Crippen LogP contribution is -2.34. The van der Waals surface area contributed by atoms with Gasteiger partial charge in [-0.15, -0.1) is 0 Å². The molecule has 0 unspecified atom stereocenters. The maximum absolute atomic E-state index is 12.1. The molecule has 2 rings (SSSR count). The molecule has 6 heteroatoms. The van der Waals surface area contributed by atoms with Gasteiger partial charge in [0.15, 0.2) is 0 Å². The average Bonchev–Trinajstić information content (AvgIpc) is 2.52. The highest BCUT2D eigenvalue weighted by Crippen LogP contribution is 2.26. The van der Waals surface area contributed by atoms with Gasteiger partial charge in [-0.3, -0.25) is 0 Å². The van der Waals surface area contributed by atoms with E-state index in [9.17, 15) is 4.79 Å². The summed E-state index contributed by atoms with van der Waals surface area (Å²) >= 11 is 6.80. The van der Waals surface area contributed by atoms with Crippen LogP contribution in [0, 0.1) is 0 Å². The van der Waals surface area contributed by atoms with Crippen LogP contribution in [0.25, 0.3) is 0 Å². The Morgan fingerprint density at radius 2 is 1.91 bits per heavy atom. The van der Waals surface area contributed by atoms with Gasteiger partial charge in [0.2, 0.25) is 0 Å². The van der Waals surface area contributed by atoms with Crippen molar-refractivity contribution in [3.8, 4) is 5.75 Å². The molecule has 2 aromatic carbocycles. The predicted molar refractivity (Wildman–Crippen MR) is 95.4 cm³/mol. The van der Waals surface area contributed by atoms with E-state index in [0.717, 1.165) is 20.4 Å². The molecule has 22 heavy (non-hydrogen) atoms. The fraction of sp³-hybridized carbons (Fsp3) is 0.188. The van der Waals surface area contributed by atoms with Crippen LogP contribution in [0.2, 0.25) is 0 Å². The molecular formula is C16H16Br2N2O2. The molecule has 4 nitrogen and oxygen atoms in total. The van der Waals surface area contributed by atoms with Crippen molar-refractivity contribution in [3.63, 3.8) is 0 Å². The van der Waals surface area contributed by atoms with Crippen molar-refractivity contribution in [3.05, 3.63) is 57.5 Å². The molecule has 0 spiro atoms. The molecular weight excluding hydrogens is 412 g/mol. The third-order valence-corrected chi connectivity index (χ3v) is 4.14. The minimum atomic E-state index is -0.185. The lowest BCUT2D eigenvalue weighted by molar-refractivity contribution is 0.207. The van der Waals surface area contributed by atoms with Crippen LogP contribution in [0.15, 0.2) is 57.5 Å². The average molecular weight is 428 g/mol. The number of hydrogen-bond donors (Lipinski definition) is 1. The quantitative estimate of drug-likeness (QED) is 0.747. The molecule has 0 atom stereocenters. The molecule has 116 valence electrons. The summed E-state index contributed by atoms with van der Waals surface area (Å²) in [5.41, 5.74) is 0.718. The summed E-state index contributed by atoms with van der Waals surface area (Å²) in [4.78, 5) is 13.7. The summed E-state index contributed by atoms with van der Waals surface area (Å²) in [6.45, 7) is 0.930. The number of halogens is 2. The zero-order valence-electron chi connectivity index (χ0n) is 12.1. The van der Waals surface area contributed by atoms with Crippen molar-refractivity contribution in [1.82, 2.24) is 4.90 Å². The number of rotatable bonds is 5. The zero-order valence-corrected chi connectivity index (χ0v) is 15.2. The van der Waals surface area contributed by atoms with Crippen molar-refractivity contribution in [2.75, 3.05) is 25.5 Å². The summed E-state index contributed by atoms with van der Waals surface area (Å²) in [7, 11) is 1.73. The molecule has 0 radical (unpaired) electrons. The molecule has 0 saturated carbocycles. The number of carbonyl (C=O) groups excluding carboxylic acids is 1. The Balaban J connectivity index is 1.83. The second-order valence-corrected chi connectivity index (χ2v) is 6.41. The van der Waals surface area contributed by atoms with E-state index in [1.165, 1.54) is 0 Å². The molecule has 0 aliphatic carbocycles. The minimum absolute atomic E-state index is 0.185. The van der Waals surface area contributed by atoms with Crippen molar-refractivity contribution in [2.45, 2.75) is 0 Å². The standard InChI is InChI=1S/C16H16Br2N2O2/c1-20(9-10-22-13-5-3-2-4-6-13)16(21)19-15-11-12(17)7-8-14(15)18/h2-8,11H,9-10H2,1H3,(H,19,21).